The molecular formula is C68H84Cl2F2N4O12S2. The van der Waals surface area contributed by atoms with E-state index in [1.165, 1.54) is 11.1 Å². The fourth-order valence-electron chi connectivity index (χ4n) is 16.2. The summed E-state index contributed by atoms with van der Waals surface area (Å²) in [4.78, 5) is 28.5. The molecule has 0 radical (unpaired) electrons. The van der Waals surface area contributed by atoms with Crippen molar-refractivity contribution >= 4 is 66.6 Å². The number of hydrogen-bond acceptors (Lipinski definition) is 12. The zero-order chi connectivity index (χ0) is 64.5. The maximum Gasteiger partial charge on any atom is 0.335 e. The van der Waals surface area contributed by atoms with Gasteiger partial charge in [0.05, 0.1) is 68.5 Å². The van der Waals surface area contributed by atoms with E-state index in [0.717, 1.165) is 86.7 Å². The zero-order valence-electron chi connectivity index (χ0n) is 51.9. The quantitative estimate of drug-likeness (QED) is 0.0678. The molecule has 0 aromatic heterocycles. The van der Waals surface area contributed by atoms with Crippen molar-refractivity contribution in [2.24, 2.45) is 57.6 Å². The lowest BCUT2D eigenvalue weighted by atomic mass is 9.64. The fourth-order valence-corrected chi connectivity index (χ4v) is 18.1. The molecule has 22 heteroatoms. The lowest BCUT2D eigenvalue weighted by Gasteiger charge is -2.48. The van der Waals surface area contributed by atoms with Crippen molar-refractivity contribution in [1.82, 2.24) is 0 Å². The minimum absolute atomic E-state index is 0.0781. The highest BCUT2D eigenvalue weighted by molar-refractivity contribution is 7.90. The number of sulfonamides is 2. The molecule has 4 aromatic rings. The molecule has 0 amide bonds. The molecule has 2 spiro atoms. The number of rotatable bonds is 18. The molecule has 12 rings (SSSR count). The summed E-state index contributed by atoms with van der Waals surface area (Å²) in [6.07, 6.45) is 14.2. The number of primary sulfonamides is 2. The molecule has 0 bridgehead atoms. The topological polar surface area (TPSA) is 238 Å². The molecule has 14 atom stereocenters. The van der Waals surface area contributed by atoms with E-state index in [0.29, 0.717) is 74.9 Å². The maximum atomic E-state index is 15.3. The average Bonchev–Trinajstić information content (AvgIpc) is 1.39. The van der Waals surface area contributed by atoms with Gasteiger partial charge < -0.3 is 39.0 Å². The van der Waals surface area contributed by atoms with Gasteiger partial charge in [-0.05, 0) is 220 Å². The first-order valence-electron chi connectivity index (χ1n) is 31.6. The van der Waals surface area contributed by atoms with Crippen LogP contribution in [0.5, 0.6) is 11.5 Å². The van der Waals surface area contributed by atoms with Crippen LogP contribution in [0.4, 0.5) is 20.2 Å². The van der Waals surface area contributed by atoms with Gasteiger partial charge in [0, 0.05) is 51.2 Å². The number of benzene rings is 4. The standard InChI is InChI=1S/2C34H42ClFN2O6S/c2*1-19(20(2)45(37,41)42)23-13-24(14-23)32(43-3)25-8-6-22(25)16-38-17-34(12-4-5-26-27(34)9-10-28(35)31(26)36)18-44-30-11-7-21(33(39)40)15-29(30)38/h2*7,9-11,13,15,19-20,22-23,25,32H,4-6,8,12,14,16-18H2,1-3H3,(H,39,40)(H2,37,41,42)/t19-,20-,22+,23?,25-,32+,34+;19-,20-,22+,23-,25-,32+,34+/m11/s1. The Balaban J connectivity index is 0.000000185. The minimum atomic E-state index is -3.61. The van der Waals surface area contributed by atoms with Gasteiger partial charge >= 0.3 is 11.9 Å². The van der Waals surface area contributed by atoms with E-state index in [1.54, 1.807) is 76.6 Å². The number of carboxylic acid groups (broad SMARTS) is 2. The molecule has 4 aromatic carbocycles. The number of nitrogens with two attached hydrogens (primary N) is 2. The van der Waals surface area contributed by atoms with Crippen molar-refractivity contribution in [1.29, 1.82) is 0 Å². The summed E-state index contributed by atoms with van der Waals surface area (Å²) in [5.41, 5.74) is 6.40. The highest BCUT2D eigenvalue weighted by Gasteiger charge is 2.50. The van der Waals surface area contributed by atoms with Crippen LogP contribution < -0.4 is 29.6 Å². The molecule has 8 aliphatic rings. The van der Waals surface area contributed by atoms with Gasteiger partial charge in [0.1, 0.15) is 23.1 Å². The van der Waals surface area contributed by atoms with Gasteiger partial charge in [-0.25, -0.2) is 45.5 Å². The average molecular weight is 1320 g/mol. The highest BCUT2D eigenvalue weighted by atomic mass is 35.5. The molecule has 16 nitrogen and oxygen atoms in total. The Kier molecular flexibility index (Phi) is 19.0. The van der Waals surface area contributed by atoms with E-state index >= 15 is 8.78 Å². The number of halogens is 4. The molecule has 1 unspecified atom stereocenters. The normalized spacial score (nSPS) is 27.9. The number of methoxy groups -OCH3 is 2. The Labute approximate surface area is 537 Å². The van der Waals surface area contributed by atoms with Gasteiger partial charge in [0.25, 0.3) is 0 Å². The van der Waals surface area contributed by atoms with Gasteiger partial charge in [0.15, 0.2) is 0 Å². The lowest BCUT2D eigenvalue weighted by molar-refractivity contribution is -0.000529. The summed E-state index contributed by atoms with van der Waals surface area (Å²) >= 11 is 12.4. The number of allylic oxidation sites excluding steroid dienone is 2. The Hall–Kier alpha value is -5.32. The largest absolute Gasteiger partial charge is 0.490 e. The fraction of sp³-hybridized carbons (Fsp3) is 0.559. The van der Waals surface area contributed by atoms with Crippen molar-refractivity contribution in [2.45, 2.75) is 138 Å². The summed E-state index contributed by atoms with van der Waals surface area (Å²) in [6, 6.07) is 17.1. The van der Waals surface area contributed by atoms with Crippen LogP contribution in [0.25, 0.3) is 0 Å². The van der Waals surface area contributed by atoms with Crippen molar-refractivity contribution in [2.75, 3.05) is 63.4 Å². The van der Waals surface area contributed by atoms with Gasteiger partial charge in [0.2, 0.25) is 20.0 Å². The van der Waals surface area contributed by atoms with Crippen LogP contribution in [0.1, 0.15) is 135 Å². The van der Waals surface area contributed by atoms with Crippen molar-refractivity contribution in [3.05, 3.63) is 139 Å². The molecule has 2 heterocycles. The van der Waals surface area contributed by atoms with E-state index in [2.05, 4.69) is 22.0 Å². The minimum Gasteiger partial charge on any atom is -0.490 e. The van der Waals surface area contributed by atoms with E-state index in [-0.39, 0.29) is 92.4 Å². The van der Waals surface area contributed by atoms with Crippen LogP contribution in [-0.4, -0.2) is 115 Å². The monoisotopic (exact) mass is 1320 g/mol. The Morgan fingerprint density at radius 1 is 0.633 bits per heavy atom. The number of ether oxygens (including phenoxy) is 4. The van der Waals surface area contributed by atoms with Crippen LogP contribution >= 0.6 is 23.2 Å². The SMILES string of the molecule is CO[C@@H](C1=CC([C@H](C)[C@@H](C)S(N)(=O)=O)C1)[C@@H]1CC[C@H]1CN1C[C@@]2(CCCc3c2ccc(Cl)c3F)COc2ccc(C(=O)O)cc21.CO[C@@H](C1=C[C@@H]([C@H](C)[C@@H](C)S(N)(=O)=O)C1)[C@@H]1CC[C@H]1CN1C[C@@]2(CCCc3c2ccc(Cl)c3F)COc2ccc(C(=O)O)cc21. The second-order valence-electron chi connectivity index (χ2n) is 27.2. The lowest BCUT2D eigenvalue weighted by Crippen LogP contribution is -2.50. The molecule has 2 saturated carbocycles. The van der Waals surface area contributed by atoms with Crippen LogP contribution in [0.3, 0.4) is 0 Å². The smallest absolute Gasteiger partial charge is 0.335 e. The van der Waals surface area contributed by atoms with Crippen molar-refractivity contribution in [3.8, 4) is 11.5 Å². The first-order valence-corrected chi connectivity index (χ1v) is 35.6. The summed E-state index contributed by atoms with van der Waals surface area (Å²) in [6.45, 7) is 10.4. The zero-order valence-corrected chi connectivity index (χ0v) is 55.1. The third kappa shape index (κ3) is 12.7. The van der Waals surface area contributed by atoms with Crippen molar-refractivity contribution < 1.29 is 64.4 Å². The summed E-state index contributed by atoms with van der Waals surface area (Å²) < 4.78 is 103. The molecular weight excluding hydrogens is 1240 g/mol. The Bertz CT molecular complexity index is 3500. The first-order chi connectivity index (χ1) is 42.6. The van der Waals surface area contributed by atoms with E-state index in [9.17, 15) is 36.6 Å². The Morgan fingerprint density at radius 2 is 1.01 bits per heavy atom. The number of carbonyl (C=O) groups is 2. The molecule has 488 valence electrons. The summed E-state index contributed by atoms with van der Waals surface area (Å²) in [7, 11) is -3.77. The number of nitrogens with zero attached hydrogens (tertiary/aromatic N) is 2. The molecule has 90 heavy (non-hydrogen) atoms. The predicted molar refractivity (Wildman–Crippen MR) is 344 cm³/mol. The van der Waals surface area contributed by atoms with Gasteiger partial charge in [-0.1, -0.05) is 61.3 Å². The third-order valence-electron chi connectivity index (χ3n) is 22.3. The van der Waals surface area contributed by atoms with Gasteiger partial charge in [-0.15, -0.1) is 0 Å². The van der Waals surface area contributed by atoms with Crippen LogP contribution in [0, 0.1) is 59.0 Å². The number of hydrogen-bond donors (Lipinski definition) is 4. The number of anilines is 2. The second kappa shape index (κ2) is 25.9. The predicted octanol–water partition coefficient (Wildman–Crippen LogP) is 11.9. The molecule has 2 aliphatic heterocycles. The van der Waals surface area contributed by atoms with Crippen molar-refractivity contribution in [3.63, 3.8) is 0 Å². The number of carboxylic acids is 2. The number of fused-ring (bicyclic) bond motifs is 6. The van der Waals surface area contributed by atoms with Crippen LogP contribution in [0.15, 0.2) is 84.0 Å². The van der Waals surface area contributed by atoms with Gasteiger partial charge in [-0.3, -0.25) is 0 Å². The van der Waals surface area contributed by atoms with Gasteiger partial charge in [-0.2, -0.15) is 0 Å². The number of aromatic carboxylic acids is 2. The molecule has 6 N–H and O–H groups in total. The van der Waals surface area contributed by atoms with E-state index in [1.807, 2.05) is 26.0 Å². The molecule has 2 fully saturated rings. The van der Waals surface area contributed by atoms with Crippen LogP contribution in [0.2, 0.25) is 10.0 Å². The van der Waals surface area contributed by atoms with E-state index < -0.39 is 53.3 Å². The highest BCUT2D eigenvalue weighted by Crippen LogP contribution is 2.53. The molecule has 0 saturated heterocycles. The van der Waals surface area contributed by atoms with E-state index in [4.69, 9.17) is 52.4 Å². The maximum absolute atomic E-state index is 15.3. The molecule has 6 aliphatic carbocycles. The third-order valence-corrected chi connectivity index (χ3v) is 25.8. The summed E-state index contributed by atoms with van der Waals surface area (Å²) in [5.74, 6) is -0.340. The summed E-state index contributed by atoms with van der Waals surface area (Å²) in [5, 5.41) is 29.5. The first kappa shape index (κ1) is 66.1. The Morgan fingerprint density at radius 3 is 1.33 bits per heavy atom. The van der Waals surface area contributed by atoms with Crippen LogP contribution in [-0.2, 0) is 53.2 Å². The second-order valence-corrected chi connectivity index (χ2v) is 31.9.